The number of hydrogen-bond donors (Lipinski definition) is 0. The Balaban J connectivity index is 1.37. The van der Waals surface area contributed by atoms with Crippen LogP contribution in [-0.4, -0.2) is 56.1 Å². The highest BCUT2D eigenvalue weighted by Crippen LogP contribution is 2.52. The number of ether oxygens (including phenoxy) is 1. The smallest absolute Gasteiger partial charge is 0.222 e. The van der Waals surface area contributed by atoms with Crippen molar-refractivity contribution in [1.29, 1.82) is 0 Å². The van der Waals surface area contributed by atoms with Crippen LogP contribution in [0.5, 0.6) is 0 Å². The SMILES string of the molecule is CN(C)C1(c2cccs2)CCC2(CCN(C(=O)CC3CCOCC3)C2)CC1. The van der Waals surface area contributed by atoms with Gasteiger partial charge in [0.2, 0.25) is 5.91 Å². The molecule has 1 aromatic heterocycles. The Morgan fingerprint density at radius 2 is 1.96 bits per heavy atom. The van der Waals surface area contributed by atoms with Crippen LogP contribution in [0.1, 0.15) is 56.2 Å². The highest BCUT2D eigenvalue weighted by molar-refractivity contribution is 7.10. The number of thiophene rings is 1. The monoisotopic (exact) mass is 390 g/mol. The van der Waals surface area contributed by atoms with Gasteiger partial charge in [0.05, 0.1) is 5.54 Å². The number of hydrogen-bond acceptors (Lipinski definition) is 4. The van der Waals surface area contributed by atoms with Crippen molar-refractivity contribution in [2.75, 3.05) is 40.4 Å². The van der Waals surface area contributed by atoms with Crippen LogP contribution in [0.25, 0.3) is 0 Å². The van der Waals surface area contributed by atoms with Crippen LogP contribution in [0.2, 0.25) is 0 Å². The van der Waals surface area contributed by atoms with Crippen molar-refractivity contribution in [3.63, 3.8) is 0 Å². The summed E-state index contributed by atoms with van der Waals surface area (Å²) in [6.07, 6.45) is 8.93. The number of likely N-dealkylation sites (tertiary alicyclic amines) is 1. The molecule has 150 valence electrons. The van der Waals surface area contributed by atoms with E-state index >= 15 is 0 Å². The van der Waals surface area contributed by atoms with E-state index < -0.39 is 0 Å². The maximum absolute atomic E-state index is 12.8. The average molecular weight is 391 g/mol. The molecule has 4 nitrogen and oxygen atoms in total. The highest BCUT2D eigenvalue weighted by atomic mass is 32.1. The third-order valence-corrected chi connectivity index (χ3v) is 8.63. The first kappa shape index (κ1) is 19.4. The van der Waals surface area contributed by atoms with E-state index in [4.69, 9.17) is 4.74 Å². The van der Waals surface area contributed by atoms with E-state index in [1.54, 1.807) is 0 Å². The average Bonchev–Trinajstić information content (AvgIpc) is 3.34. The molecule has 1 spiro atoms. The second-order valence-electron chi connectivity index (χ2n) is 9.23. The van der Waals surface area contributed by atoms with Gasteiger partial charge in [-0.1, -0.05) is 6.07 Å². The molecule has 4 rings (SSSR count). The summed E-state index contributed by atoms with van der Waals surface area (Å²) in [5, 5.41) is 2.21. The Hall–Kier alpha value is -0.910. The van der Waals surface area contributed by atoms with Crippen molar-refractivity contribution in [2.45, 2.75) is 56.9 Å². The van der Waals surface area contributed by atoms with E-state index in [-0.39, 0.29) is 5.54 Å². The Bertz CT molecular complexity index is 629. The molecule has 2 aliphatic heterocycles. The number of amides is 1. The minimum Gasteiger partial charge on any atom is -0.381 e. The van der Waals surface area contributed by atoms with Gasteiger partial charge in [0.25, 0.3) is 0 Å². The third kappa shape index (κ3) is 3.83. The van der Waals surface area contributed by atoms with Crippen molar-refractivity contribution in [1.82, 2.24) is 9.80 Å². The lowest BCUT2D eigenvalue weighted by Crippen LogP contribution is -2.47. The van der Waals surface area contributed by atoms with E-state index in [1.807, 2.05) is 11.3 Å². The van der Waals surface area contributed by atoms with Crippen LogP contribution in [-0.2, 0) is 15.1 Å². The Morgan fingerprint density at radius 3 is 2.59 bits per heavy atom. The molecule has 0 aromatic carbocycles. The zero-order valence-corrected chi connectivity index (χ0v) is 17.7. The van der Waals surface area contributed by atoms with Crippen molar-refractivity contribution in [3.05, 3.63) is 22.4 Å². The first-order valence-corrected chi connectivity index (χ1v) is 11.5. The summed E-state index contributed by atoms with van der Waals surface area (Å²) in [6.45, 7) is 3.62. The normalized spacial score (nSPS) is 32.5. The van der Waals surface area contributed by atoms with E-state index in [1.165, 1.54) is 37.0 Å². The van der Waals surface area contributed by atoms with Gasteiger partial charge in [-0.15, -0.1) is 11.3 Å². The molecule has 0 unspecified atom stereocenters. The highest BCUT2D eigenvalue weighted by Gasteiger charge is 2.48. The van der Waals surface area contributed by atoms with Gasteiger partial charge >= 0.3 is 0 Å². The summed E-state index contributed by atoms with van der Waals surface area (Å²) in [6, 6.07) is 4.49. The summed E-state index contributed by atoms with van der Waals surface area (Å²) in [5.74, 6) is 0.927. The molecule has 27 heavy (non-hydrogen) atoms. The predicted octanol–water partition coefficient (Wildman–Crippen LogP) is 4.11. The van der Waals surface area contributed by atoms with E-state index in [9.17, 15) is 4.79 Å². The molecule has 0 atom stereocenters. The van der Waals surface area contributed by atoms with Crippen molar-refractivity contribution < 1.29 is 9.53 Å². The first-order chi connectivity index (χ1) is 13.0. The molecule has 3 aliphatic rings. The molecular weight excluding hydrogens is 356 g/mol. The van der Waals surface area contributed by atoms with Gasteiger partial charge in [-0.05, 0) is 81.8 Å². The minimum atomic E-state index is 0.193. The molecule has 3 fully saturated rings. The lowest BCUT2D eigenvalue weighted by Gasteiger charge is -2.48. The predicted molar refractivity (Wildman–Crippen MR) is 110 cm³/mol. The van der Waals surface area contributed by atoms with Crippen LogP contribution in [0.4, 0.5) is 0 Å². The van der Waals surface area contributed by atoms with Gasteiger partial charge in [-0.2, -0.15) is 0 Å². The number of nitrogens with zero attached hydrogens (tertiary/aromatic N) is 2. The first-order valence-electron chi connectivity index (χ1n) is 10.6. The molecular formula is C22H34N2O2S. The zero-order chi connectivity index (χ0) is 18.9. The molecule has 1 aliphatic carbocycles. The fourth-order valence-electron chi connectivity index (χ4n) is 5.53. The summed E-state index contributed by atoms with van der Waals surface area (Å²) < 4.78 is 5.44. The Morgan fingerprint density at radius 1 is 1.22 bits per heavy atom. The van der Waals surface area contributed by atoms with E-state index in [0.29, 0.717) is 17.2 Å². The maximum Gasteiger partial charge on any atom is 0.222 e. The molecule has 1 saturated carbocycles. The van der Waals surface area contributed by atoms with Gasteiger partial charge in [-0.3, -0.25) is 9.69 Å². The van der Waals surface area contributed by atoms with Crippen molar-refractivity contribution in [3.8, 4) is 0 Å². The quantitative estimate of drug-likeness (QED) is 0.775. The van der Waals surface area contributed by atoms with E-state index in [0.717, 1.165) is 45.6 Å². The van der Waals surface area contributed by atoms with Crippen LogP contribution >= 0.6 is 11.3 Å². The Kier molecular flexibility index (Phi) is 5.64. The minimum absolute atomic E-state index is 0.193. The third-order valence-electron chi connectivity index (χ3n) is 7.57. The summed E-state index contributed by atoms with van der Waals surface area (Å²) in [7, 11) is 4.46. The van der Waals surface area contributed by atoms with Gasteiger partial charge in [0.15, 0.2) is 0 Å². The van der Waals surface area contributed by atoms with Crippen molar-refractivity contribution >= 4 is 17.2 Å². The van der Waals surface area contributed by atoms with Crippen LogP contribution in [0, 0.1) is 11.3 Å². The van der Waals surface area contributed by atoms with Crippen LogP contribution in [0.3, 0.4) is 0 Å². The fourth-order valence-corrected chi connectivity index (χ4v) is 6.60. The topological polar surface area (TPSA) is 32.8 Å². The van der Waals surface area contributed by atoms with Crippen LogP contribution < -0.4 is 0 Å². The summed E-state index contributed by atoms with van der Waals surface area (Å²) in [5.41, 5.74) is 0.557. The number of rotatable bonds is 4. The number of carbonyl (C=O) groups is 1. The van der Waals surface area contributed by atoms with Gasteiger partial charge < -0.3 is 9.64 Å². The number of carbonyl (C=O) groups excluding carboxylic acids is 1. The zero-order valence-electron chi connectivity index (χ0n) is 16.9. The molecule has 3 heterocycles. The largest absolute Gasteiger partial charge is 0.381 e. The van der Waals surface area contributed by atoms with Crippen molar-refractivity contribution in [2.24, 2.45) is 11.3 Å². The second-order valence-corrected chi connectivity index (χ2v) is 10.2. The lowest BCUT2D eigenvalue weighted by molar-refractivity contribution is -0.132. The lowest BCUT2D eigenvalue weighted by atomic mass is 9.66. The molecule has 0 bridgehead atoms. The molecule has 0 N–H and O–H groups in total. The molecule has 1 aromatic rings. The summed E-state index contributed by atoms with van der Waals surface area (Å²) in [4.78, 5) is 19.0. The van der Waals surface area contributed by atoms with Gasteiger partial charge in [0.1, 0.15) is 0 Å². The molecule has 2 saturated heterocycles. The molecule has 5 heteroatoms. The summed E-state index contributed by atoms with van der Waals surface area (Å²) >= 11 is 1.90. The van der Waals surface area contributed by atoms with Gasteiger partial charge in [0, 0.05) is 37.6 Å². The molecule has 0 radical (unpaired) electrons. The van der Waals surface area contributed by atoms with E-state index in [2.05, 4.69) is 41.4 Å². The standard InChI is InChI=1S/C22H34N2O2S/c1-23(2)22(19-4-3-15-27-19)9-7-21(8-10-22)11-12-24(17-21)20(25)16-18-5-13-26-14-6-18/h3-4,15,18H,5-14,16-17H2,1-2H3. The molecule has 1 amide bonds. The fraction of sp³-hybridized carbons (Fsp3) is 0.773. The van der Waals surface area contributed by atoms with Gasteiger partial charge in [-0.25, -0.2) is 0 Å². The van der Waals surface area contributed by atoms with Crippen LogP contribution in [0.15, 0.2) is 17.5 Å². The Labute approximate surface area is 167 Å². The maximum atomic E-state index is 12.8. The second kappa shape index (κ2) is 7.84.